The Hall–Kier alpha value is -1.65. The number of aliphatic carboxylic acids is 1. The molecule has 0 aromatic carbocycles. The Morgan fingerprint density at radius 3 is 2.81 bits per heavy atom. The summed E-state index contributed by atoms with van der Waals surface area (Å²) >= 11 is 0. The number of rotatable bonds is 4. The maximum absolute atomic E-state index is 10.8. The number of hydrogen-bond acceptors (Lipinski definition) is 4. The predicted octanol–water partition coefficient (Wildman–Crippen LogP) is 1.15. The quantitative estimate of drug-likeness (QED) is 0.826. The van der Waals surface area contributed by atoms with Crippen LogP contribution in [0.2, 0.25) is 0 Å². The highest BCUT2D eigenvalue weighted by molar-refractivity contribution is 5.74. The van der Waals surface area contributed by atoms with Crippen LogP contribution in [0.1, 0.15) is 24.2 Å². The smallest absolute Gasteiger partial charge is 0.323 e. The second kappa shape index (κ2) is 4.08. The highest BCUT2D eigenvalue weighted by atomic mass is 16.4. The molecule has 0 bridgehead atoms. The zero-order chi connectivity index (χ0) is 11.7. The SMILES string of the molecule is Cc1cnc(C)c(N(CC(=O)O)C2CC2)n1. The number of carbonyl (C=O) groups is 1. The first kappa shape index (κ1) is 10.9. The van der Waals surface area contributed by atoms with Crippen LogP contribution in [0.4, 0.5) is 5.82 Å². The lowest BCUT2D eigenvalue weighted by molar-refractivity contribution is -0.135. The average Bonchev–Trinajstić information content (AvgIpc) is 3.02. The number of aromatic nitrogens is 2. The molecular weight excluding hydrogens is 206 g/mol. The van der Waals surface area contributed by atoms with Crippen molar-refractivity contribution in [2.45, 2.75) is 32.7 Å². The zero-order valence-electron chi connectivity index (χ0n) is 9.47. The molecule has 0 radical (unpaired) electrons. The van der Waals surface area contributed by atoms with Gasteiger partial charge in [-0.05, 0) is 26.7 Å². The standard InChI is InChI=1S/C11H15N3O2/c1-7-5-12-8(2)11(13-7)14(6-10(15)16)9-3-4-9/h5,9H,3-4,6H2,1-2H3,(H,15,16). The molecule has 16 heavy (non-hydrogen) atoms. The summed E-state index contributed by atoms with van der Waals surface area (Å²) in [6.45, 7) is 3.73. The third kappa shape index (κ3) is 2.29. The Bertz CT molecular complexity index is 416. The van der Waals surface area contributed by atoms with Crippen LogP contribution in [-0.2, 0) is 4.79 Å². The van der Waals surface area contributed by atoms with Gasteiger partial charge in [0.25, 0.3) is 0 Å². The van der Waals surface area contributed by atoms with Crippen molar-refractivity contribution in [1.29, 1.82) is 0 Å². The van der Waals surface area contributed by atoms with Gasteiger partial charge in [0.15, 0.2) is 5.82 Å². The maximum atomic E-state index is 10.8. The van der Waals surface area contributed by atoms with E-state index >= 15 is 0 Å². The summed E-state index contributed by atoms with van der Waals surface area (Å²) in [7, 11) is 0. The molecule has 0 atom stereocenters. The highest BCUT2D eigenvalue weighted by Gasteiger charge is 2.32. The van der Waals surface area contributed by atoms with E-state index in [1.165, 1.54) is 0 Å². The summed E-state index contributed by atoms with van der Waals surface area (Å²) in [5, 5.41) is 8.89. The van der Waals surface area contributed by atoms with E-state index in [1.807, 2.05) is 18.7 Å². The Morgan fingerprint density at radius 1 is 1.56 bits per heavy atom. The molecule has 0 unspecified atom stereocenters. The van der Waals surface area contributed by atoms with Gasteiger partial charge in [-0.2, -0.15) is 0 Å². The minimum Gasteiger partial charge on any atom is -0.480 e. The van der Waals surface area contributed by atoms with Crippen molar-refractivity contribution in [2.75, 3.05) is 11.4 Å². The Kier molecular flexibility index (Phi) is 2.77. The molecule has 1 aromatic rings. The lowest BCUT2D eigenvalue weighted by atomic mass is 10.3. The van der Waals surface area contributed by atoms with Gasteiger partial charge in [-0.3, -0.25) is 9.78 Å². The second-order valence-corrected chi connectivity index (χ2v) is 4.17. The maximum Gasteiger partial charge on any atom is 0.323 e. The van der Waals surface area contributed by atoms with Crippen LogP contribution >= 0.6 is 0 Å². The van der Waals surface area contributed by atoms with Crippen molar-refractivity contribution < 1.29 is 9.90 Å². The monoisotopic (exact) mass is 221 g/mol. The van der Waals surface area contributed by atoms with E-state index in [0.29, 0.717) is 11.9 Å². The van der Waals surface area contributed by atoms with Crippen LogP contribution in [0.5, 0.6) is 0 Å². The van der Waals surface area contributed by atoms with Crippen LogP contribution in [0.25, 0.3) is 0 Å². The van der Waals surface area contributed by atoms with Gasteiger partial charge in [0, 0.05) is 12.2 Å². The van der Waals surface area contributed by atoms with Gasteiger partial charge in [-0.1, -0.05) is 0 Å². The Labute approximate surface area is 94.1 Å². The molecule has 1 heterocycles. The number of carboxylic acids is 1. The van der Waals surface area contributed by atoms with Crippen molar-refractivity contribution in [3.63, 3.8) is 0 Å². The predicted molar refractivity (Wildman–Crippen MR) is 59.5 cm³/mol. The topological polar surface area (TPSA) is 66.3 Å². The summed E-state index contributed by atoms with van der Waals surface area (Å²) < 4.78 is 0. The number of hydrogen-bond donors (Lipinski definition) is 1. The minimum absolute atomic E-state index is 0.00361. The first-order valence-electron chi connectivity index (χ1n) is 5.36. The third-order valence-corrected chi connectivity index (χ3v) is 2.62. The van der Waals surface area contributed by atoms with E-state index in [0.717, 1.165) is 24.2 Å². The molecule has 1 fully saturated rings. The first-order valence-corrected chi connectivity index (χ1v) is 5.36. The number of aryl methyl sites for hydroxylation is 2. The first-order chi connectivity index (χ1) is 7.58. The van der Waals surface area contributed by atoms with E-state index in [9.17, 15) is 4.79 Å². The fourth-order valence-electron chi connectivity index (χ4n) is 1.71. The molecule has 1 saturated carbocycles. The van der Waals surface area contributed by atoms with Crippen molar-refractivity contribution in [2.24, 2.45) is 0 Å². The molecule has 1 N–H and O–H groups in total. The Balaban J connectivity index is 2.30. The fraction of sp³-hybridized carbons (Fsp3) is 0.545. The Morgan fingerprint density at radius 2 is 2.25 bits per heavy atom. The third-order valence-electron chi connectivity index (χ3n) is 2.62. The molecule has 0 amide bonds. The number of nitrogens with zero attached hydrogens (tertiary/aromatic N) is 3. The van der Waals surface area contributed by atoms with E-state index in [-0.39, 0.29) is 6.54 Å². The molecule has 2 rings (SSSR count). The van der Waals surface area contributed by atoms with Crippen molar-refractivity contribution >= 4 is 11.8 Å². The van der Waals surface area contributed by atoms with Crippen molar-refractivity contribution in [1.82, 2.24) is 9.97 Å². The molecule has 1 aliphatic carbocycles. The average molecular weight is 221 g/mol. The molecule has 1 aromatic heterocycles. The minimum atomic E-state index is -0.824. The van der Waals surface area contributed by atoms with E-state index < -0.39 is 5.97 Å². The molecule has 0 spiro atoms. The van der Waals surface area contributed by atoms with Crippen molar-refractivity contribution in [3.8, 4) is 0 Å². The summed E-state index contributed by atoms with van der Waals surface area (Å²) in [6, 6.07) is 0.325. The van der Waals surface area contributed by atoms with Gasteiger partial charge in [0.05, 0.1) is 11.4 Å². The van der Waals surface area contributed by atoms with E-state index in [4.69, 9.17) is 5.11 Å². The van der Waals surface area contributed by atoms with Crippen LogP contribution < -0.4 is 4.90 Å². The molecule has 1 aliphatic rings. The van der Waals surface area contributed by atoms with E-state index in [1.54, 1.807) is 6.20 Å². The van der Waals surface area contributed by atoms with E-state index in [2.05, 4.69) is 9.97 Å². The highest BCUT2D eigenvalue weighted by Crippen LogP contribution is 2.31. The van der Waals surface area contributed by atoms with Crippen LogP contribution in [0, 0.1) is 13.8 Å². The second-order valence-electron chi connectivity index (χ2n) is 4.17. The van der Waals surface area contributed by atoms with Crippen LogP contribution in [0.3, 0.4) is 0 Å². The van der Waals surface area contributed by atoms with Crippen LogP contribution in [0.15, 0.2) is 6.20 Å². The van der Waals surface area contributed by atoms with Gasteiger partial charge >= 0.3 is 5.97 Å². The van der Waals surface area contributed by atoms with Gasteiger partial charge < -0.3 is 10.0 Å². The summed E-state index contributed by atoms with van der Waals surface area (Å²) in [5.74, 6) is -0.112. The van der Waals surface area contributed by atoms with Crippen molar-refractivity contribution in [3.05, 3.63) is 17.6 Å². The fourth-order valence-corrected chi connectivity index (χ4v) is 1.71. The molecule has 0 saturated heterocycles. The summed E-state index contributed by atoms with van der Waals surface area (Å²) in [5.41, 5.74) is 1.61. The van der Waals surface area contributed by atoms with Gasteiger partial charge in [0.1, 0.15) is 6.54 Å². The largest absolute Gasteiger partial charge is 0.480 e. The molecular formula is C11H15N3O2. The lowest BCUT2D eigenvalue weighted by Gasteiger charge is -2.22. The lowest BCUT2D eigenvalue weighted by Crippen LogP contribution is -2.33. The summed E-state index contributed by atoms with van der Waals surface area (Å²) in [4.78, 5) is 21.3. The number of carboxylic acid groups (broad SMARTS) is 1. The number of anilines is 1. The molecule has 5 heteroatoms. The normalized spacial score (nSPS) is 14.9. The van der Waals surface area contributed by atoms with Gasteiger partial charge in [0.2, 0.25) is 0 Å². The van der Waals surface area contributed by atoms with Gasteiger partial charge in [-0.15, -0.1) is 0 Å². The van der Waals surface area contributed by atoms with Crippen LogP contribution in [-0.4, -0.2) is 33.6 Å². The molecule has 5 nitrogen and oxygen atoms in total. The summed E-state index contributed by atoms with van der Waals surface area (Å²) in [6.07, 6.45) is 3.79. The molecule has 0 aliphatic heterocycles. The molecule has 86 valence electrons. The zero-order valence-corrected chi connectivity index (χ0v) is 9.47. The van der Waals surface area contributed by atoms with Gasteiger partial charge in [-0.25, -0.2) is 4.98 Å².